The lowest BCUT2D eigenvalue weighted by atomic mass is 10.2. The number of para-hydroxylation sites is 1. The molecule has 0 saturated carbocycles. The molecule has 0 N–H and O–H groups in total. The average molecular weight is 241 g/mol. The molecular formula is C15H19N3. The molecular weight excluding hydrogens is 222 g/mol. The van der Waals surface area contributed by atoms with Crippen molar-refractivity contribution in [2.45, 2.75) is 25.3 Å². The third-order valence-electron chi connectivity index (χ3n) is 4.19. The van der Waals surface area contributed by atoms with Crippen LogP contribution in [0, 0.1) is 11.3 Å². The van der Waals surface area contributed by atoms with Crippen LogP contribution in [0.4, 0.5) is 5.69 Å². The standard InChI is InChI=1S/C15H19N3/c16-11-13-5-1-2-6-15(13)18-10-7-14(12-18)17-8-3-4-9-17/h1-2,5-6,14H,3-4,7-10,12H2. The van der Waals surface area contributed by atoms with Crippen molar-refractivity contribution in [2.24, 2.45) is 0 Å². The summed E-state index contributed by atoms with van der Waals surface area (Å²) in [7, 11) is 0. The Morgan fingerprint density at radius 2 is 1.89 bits per heavy atom. The van der Waals surface area contributed by atoms with Crippen LogP contribution in [0.25, 0.3) is 0 Å². The minimum absolute atomic E-state index is 0.694. The summed E-state index contributed by atoms with van der Waals surface area (Å²) in [5.41, 5.74) is 1.92. The molecule has 0 aliphatic carbocycles. The molecule has 94 valence electrons. The minimum Gasteiger partial charge on any atom is -0.369 e. The van der Waals surface area contributed by atoms with Crippen LogP contribution in [-0.4, -0.2) is 37.1 Å². The van der Waals surface area contributed by atoms with Crippen molar-refractivity contribution in [1.82, 2.24) is 4.90 Å². The van der Waals surface area contributed by atoms with Crippen LogP contribution in [0.15, 0.2) is 24.3 Å². The molecule has 0 spiro atoms. The molecule has 2 heterocycles. The molecule has 0 aromatic heterocycles. The number of anilines is 1. The first-order chi connectivity index (χ1) is 8.88. The highest BCUT2D eigenvalue weighted by Crippen LogP contribution is 2.27. The van der Waals surface area contributed by atoms with Gasteiger partial charge in [-0.05, 0) is 44.5 Å². The zero-order valence-electron chi connectivity index (χ0n) is 10.7. The van der Waals surface area contributed by atoms with E-state index in [9.17, 15) is 0 Å². The van der Waals surface area contributed by atoms with E-state index >= 15 is 0 Å². The minimum atomic E-state index is 0.694. The van der Waals surface area contributed by atoms with Crippen LogP contribution in [0.3, 0.4) is 0 Å². The third-order valence-corrected chi connectivity index (χ3v) is 4.19. The van der Waals surface area contributed by atoms with Crippen LogP contribution in [0.5, 0.6) is 0 Å². The molecule has 1 atom stereocenters. The summed E-state index contributed by atoms with van der Waals surface area (Å²) < 4.78 is 0. The Kier molecular flexibility index (Phi) is 3.21. The summed E-state index contributed by atoms with van der Waals surface area (Å²) in [6.45, 7) is 4.69. The van der Waals surface area contributed by atoms with Crippen molar-refractivity contribution in [1.29, 1.82) is 5.26 Å². The average Bonchev–Trinajstić information content (AvgIpc) is 3.09. The maximum atomic E-state index is 9.17. The molecule has 1 aromatic rings. The molecule has 0 radical (unpaired) electrons. The zero-order chi connectivity index (χ0) is 12.4. The molecule has 3 nitrogen and oxygen atoms in total. The molecule has 2 saturated heterocycles. The topological polar surface area (TPSA) is 30.3 Å². The van der Waals surface area contributed by atoms with E-state index in [1.54, 1.807) is 0 Å². The lowest BCUT2D eigenvalue weighted by Gasteiger charge is -2.24. The molecule has 3 heteroatoms. The Labute approximate surface area is 109 Å². The molecule has 2 aliphatic heterocycles. The van der Waals surface area contributed by atoms with Gasteiger partial charge in [0.25, 0.3) is 0 Å². The Hall–Kier alpha value is -1.53. The Morgan fingerprint density at radius 3 is 2.67 bits per heavy atom. The van der Waals surface area contributed by atoms with Gasteiger partial charge in [-0.1, -0.05) is 12.1 Å². The molecule has 1 aromatic carbocycles. The third kappa shape index (κ3) is 2.09. The number of hydrogen-bond donors (Lipinski definition) is 0. The Balaban J connectivity index is 1.73. The smallest absolute Gasteiger partial charge is 0.101 e. The molecule has 18 heavy (non-hydrogen) atoms. The van der Waals surface area contributed by atoms with Crippen LogP contribution >= 0.6 is 0 Å². The fourth-order valence-electron chi connectivity index (χ4n) is 3.21. The largest absolute Gasteiger partial charge is 0.369 e. The van der Waals surface area contributed by atoms with E-state index in [2.05, 4.69) is 21.9 Å². The van der Waals surface area contributed by atoms with Crippen molar-refractivity contribution >= 4 is 5.69 Å². The van der Waals surface area contributed by atoms with Crippen molar-refractivity contribution in [2.75, 3.05) is 31.1 Å². The number of benzene rings is 1. The van der Waals surface area contributed by atoms with Crippen LogP contribution in [-0.2, 0) is 0 Å². The SMILES string of the molecule is N#Cc1ccccc1N1CCC(N2CCCC2)C1. The summed E-state index contributed by atoms with van der Waals surface area (Å²) in [5.74, 6) is 0. The summed E-state index contributed by atoms with van der Waals surface area (Å²) in [4.78, 5) is 5.00. The van der Waals surface area contributed by atoms with Gasteiger partial charge in [0.2, 0.25) is 0 Å². The first-order valence-corrected chi connectivity index (χ1v) is 6.86. The first-order valence-electron chi connectivity index (χ1n) is 6.86. The van der Waals surface area contributed by atoms with Gasteiger partial charge in [0.05, 0.1) is 11.3 Å². The highest BCUT2D eigenvalue weighted by atomic mass is 15.3. The van der Waals surface area contributed by atoms with Crippen molar-refractivity contribution in [3.63, 3.8) is 0 Å². The van der Waals surface area contributed by atoms with Gasteiger partial charge in [0.1, 0.15) is 6.07 Å². The fraction of sp³-hybridized carbons (Fsp3) is 0.533. The van der Waals surface area contributed by atoms with E-state index in [0.717, 1.165) is 24.3 Å². The quantitative estimate of drug-likeness (QED) is 0.795. The second kappa shape index (κ2) is 4.99. The summed E-state index contributed by atoms with van der Waals surface area (Å²) >= 11 is 0. The van der Waals surface area contributed by atoms with Crippen molar-refractivity contribution in [3.8, 4) is 6.07 Å². The van der Waals surface area contributed by atoms with Gasteiger partial charge in [-0.3, -0.25) is 4.90 Å². The summed E-state index contributed by atoms with van der Waals surface area (Å²) in [6, 6.07) is 11.0. The molecule has 3 rings (SSSR count). The van der Waals surface area contributed by atoms with Crippen LogP contribution in [0.2, 0.25) is 0 Å². The molecule has 0 amide bonds. The second-order valence-electron chi connectivity index (χ2n) is 5.26. The van der Waals surface area contributed by atoms with Crippen LogP contribution in [0.1, 0.15) is 24.8 Å². The van der Waals surface area contributed by atoms with Crippen molar-refractivity contribution in [3.05, 3.63) is 29.8 Å². The number of nitrogens with zero attached hydrogens (tertiary/aromatic N) is 3. The summed E-state index contributed by atoms with van der Waals surface area (Å²) in [5, 5.41) is 9.17. The number of hydrogen-bond acceptors (Lipinski definition) is 3. The highest BCUT2D eigenvalue weighted by molar-refractivity contribution is 5.59. The lowest BCUT2D eigenvalue weighted by molar-refractivity contribution is 0.260. The van der Waals surface area contributed by atoms with Gasteiger partial charge in [-0.25, -0.2) is 0 Å². The molecule has 0 bridgehead atoms. The lowest BCUT2D eigenvalue weighted by Crippen LogP contribution is -2.35. The van der Waals surface area contributed by atoms with Gasteiger partial charge in [-0.15, -0.1) is 0 Å². The Morgan fingerprint density at radius 1 is 1.11 bits per heavy atom. The highest BCUT2D eigenvalue weighted by Gasteiger charge is 2.29. The van der Waals surface area contributed by atoms with Gasteiger partial charge in [-0.2, -0.15) is 5.26 Å². The second-order valence-corrected chi connectivity index (χ2v) is 5.26. The van der Waals surface area contributed by atoms with Crippen molar-refractivity contribution < 1.29 is 0 Å². The number of likely N-dealkylation sites (tertiary alicyclic amines) is 1. The zero-order valence-corrected chi connectivity index (χ0v) is 10.7. The predicted octanol–water partition coefficient (Wildman–Crippen LogP) is 2.23. The van der Waals surface area contributed by atoms with E-state index in [1.165, 1.54) is 32.4 Å². The normalized spacial score (nSPS) is 24.4. The molecule has 2 fully saturated rings. The molecule has 1 unspecified atom stereocenters. The predicted molar refractivity (Wildman–Crippen MR) is 72.6 cm³/mol. The van der Waals surface area contributed by atoms with Gasteiger partial charge < -0.3 is 4.90 Å². The van der Waals surface area contributed by atoms with Gasteiger partial charge in [0, 0.05) is 19.1 Å². The van der Waals surface area contributed by atoms with E-state index < -0.39 is 0 Å². The van der Waals surface area contributed by atoms with E-state index in [0.29, 0.717) is 6.04 Å². The van der Waals surface area contributed by atoms with Gasteiger partial charge in [0.15, 0.2) is 0 Å². The Bertz CT molecular complexity index is 457. The maximum absolute atomic E-state index is 9.17. The van der Waals surface area contributed by atoms with E-state index in [1.807, 2.05) is 18.2 Å². The fourth-order valence-corrected chi connectivity index (χ4v) is 3.21. The van der Waals surface area contributed by atoms with Gasteiger partial charge >= 0.3 is 0 Å². The maximum Gasteiger partial charge on any atom is 0.101 e. The first kappa shape index (κ1) is 11.6. The molecule has 2 aliphatic rings. The van der Waals surface area contributed by atoms with E-state index in [-0.39, 0.29) is 0 Å². The number of nitriles is 1. The van der Waals surface area contributed by atoms with E-state index in [4.69, 9.17) is 5.26 Å². The number of rotatable bonds is 2. The van der Waals surface area contributed by atoms with Crippen LogP contribution < -0.4 is 4.90 Å². The summed E-state index contributed by atoms with van der Waals surface area (Å²) in [6.07, 6.45) is 3.94. The monoisotopic (exact) mass is 241 g/mol.